The van der Waals surface area contributed by atoms with Crippen molar-refractivity contribution in [2.45, 2.75) is 50.9 Å². The molecular weight excluding hydrogens is 310 g/mol. The van der Waals surface area contributed by atoms with Gasteiger partial charge in [-0.25, -0.2) is 0 Å². The standard InChI is InChI=1S/C22H27NO2/c23-12-2-14-25-17-5-7-18-16(15-17)4-6-20-19(18)8-10-22(11-13-24)9-1-3-21(20)22/h1,3,5,7,15,19-21,24H,2,4,6,8-11,13-14H2/t19-,20-,21+,22?/m1/s1. The van der Waals surface area contributed by atoms with Crippen LogP contribution in [0.1, 0.15) is 55.6 Å². The number of aryl methyl sites for hydroxylation is 1. The quantitative estimate of drug-likeness (QED) is 0.641. The molecule has 0 bridgehead atoms. The maximum Gasteiger partial charge on any atom is 0.119 e. The van der Waals surface area contributed by atoms with E-state index in [4.69, 9.17) is 10.00 Å². The fourth-order valence-corrected chi connectivity index (χ4v) is 5.73. The molecule has 132 valence electrons. The van der Waals surface area contributed by atoms with Gasteiger partial charge < -0.3 is 9.84 Å². The summed E-state index contributed by atoms with van der Waals surface area (Å²) in [5, 5.41) is 18.2. The van der Waals surface area contributed by atoms with E-state index in [1.54, 1.807) is 0 Å². The molecule has 4 rings (SSSR count). The third-order valence-electron chi connectivity index (χ3n) is 6.86. The van der Waals surface area contributed by atoms with Gasteiger partial charge in [0.25, 0.3) is 0 Å². The topological polar surface area (TPSA) is 53.2 Å². The van der Waals surface area contributed by atoms with Crippen molar-refractivity contribution < 1.29 is 9.84 Å². The lowest BCUT2D eigenvalue weighted by Crippen LogP contribution is -2.41. The smallest absolute Gasteiger partial charge is 0.119 e. The van der Waals surface area contributed by atoms with Gasteiger partial charge in [0.1, 0.15) is 12.4 Å². The third-order valence-corrected chi connectivity index (χ3v) is 6.86. The van der Waals surface area contributed by atoms with Crippen LogP contribution in [0.2, 0.25) is 0 Å². The van der Waals surface area contributed by atoms with E-state index >= 15 is 0 Å². The number of hydrogen-bond donors (Lipinski definition) is 1. The van der Waals surface area contributed by atoms with Crippen molar-refractivity contribution in [2.75, 3.05) is 13.2 Å². The predicted octanol–water partition coefficient (Wildman–Crippen LogP) is 4.36. The Morgan fingerprint density at radius 1 is 1.32 bits per heavy atom. The van der Waals surface area contributed by atoms with E-state index in [1.807, 2.05) is 0 Å². The SMILES string of the molecule is N#CCCOc1ccc2c(c1)CC[C@@H]1[C@@H]2CCC2(CCO)CC=C[C@@H]12. The molecule has 1 N–H and O–H groups in total. The van der Waals surface area contributed by atoms with Crippen molar-refractivity contribution >= 4 is 0 Å². The molecule has 3 aliphatic carbocycles. The first-order valence-electron chi connectivity index (χ1n) is 9.67. The summed E-state index contributed by atoms with van der Waals surface area (Å²) >= 11 is 0. The average Bonchev–Trinajstić information content (AvgIpc) is 3.06. The van der Waals surface area contributed by atoms with Crippen molar-refractivity contribution in [3.63, 3.8) is 0 Å². The third kappa shape index (κ3) is 2.87. The Morgan fingerprint density at radius 2 is 2.24 bits per heavy atom. The summed E-state index contributed by atoms with van der Waals surface area (Å²) in [5.41, 5.74) is 3.28. The number of rotatable bonds is 5. The number of benzene rings is 1. The molecule has 1 unspecified atom stereocenters. The lowest BCUT2D eigenvalue weighted by Gasteiger charge is -2.50. The second-order valence-corrected chi connectivity index (χ2v) is 7.96. The van der Waals surface area contributed by atoms with Crippen molar-refractivity contribution in [3.8, 4) is 11.8 Å². The Labute approximate surface area is 150 Å². The van der Waals surface area contributed by atoms with E-state index < -0.39 is 0 Å². The predicted molar refractivity (Wildman–Crippen MR) is 97.3 cm³/mol. The second-order valence-electron chi connectivity index (χ2n) is 7.96. The van der Waals surface area contributed by atoms with Crippen LogP contribution in [0.4, 0.5) is 0 Å². The molecule has 0 aliphatic heterocycles. The lowest BCUT2D eigenvalue weighted by atomic mass is 9.54. The number of aliphatic hydroxyl groups is 1. The molecule has 3 nitrogen and oxygen atoms in total. The van der Waals surface area contributed by atoms with Crippen LogP contribution in [0.3, 0.4) is 0 Å². The largest absolute Gasteiger partial charge is 0.493 e. The fraction of sp³-hybridized carbons (Fsp3) is 0.591. The molecule has 3 aliphatic rings. The number of hydrogen-bond acceptors (Lipinski definition) is 3. The normalized spacial score (nSPS) is 32.4. The molecule has 4 atom stereocenters. The van der Waals surface area contributed by atoms with E-state index in [9.17, 15) is 5.11 Å². The first-order valence-corrected chi connectivity index (χ1v) is 9.67. The second kappa shape index (κ2) is 6.84. The highest BCUT2D eigenvalue weighted by molar-refractivity contribution is 5.41. The molecule has 0 spiro atoms. The van der Waals surface area contributed by atoms with Gasteiger partial charge >= 0.3 is 0 Å². The summed E-state index contributed by atoms with van der Waals surface area (Å²) in [5.74, 6) is 2.91. The van der Waals surface area contributed by atoms with Crippen molar-refractivity contribution in [1.29, 1.82) is 5.26 Å². The molecule has 1 fully saturated rings. The molecule has 3 heteroatoms. The molecule has 1 saturated carbocycles. The zero-order valence-electron chi connectivity index (χ0n) is 14.8. The average molecular weight is 337 g/mol. The Hall–Kier alpha value is -1.79. The first kappa shape index (κ1) is 16.7. The molecule has 25 heavy (non-hydrogen) atoms. The summed E-state index contributed by atoms with van der Waals surface area (Å²) in [6, 6.07) is 8.67. The van der Waals surface area contributed by atoms with Crippen LogP contribution >= 0.6 is 0 Å². The highest BCUT2D eigenvalue weighted by Crippen LogP contribution is 2.60. The minimum absolute atomic E-state index is 0.315. The molecule has 0 saturated heterocycles. The number of aliphatic hydroxyl groups excluding tert-OH is 1. The fourth-order valence-electron chi connectivity index (χ4n) is 5.73. The highest BCUT2D eigenvalue weighted by Gasteiger charge is 2.50. The summed E-state index contributed by atoms with van der Waals surface area (Å²) < 4.78 is 5.70. The van der Waals surface area contributed by atoms with E-state index in [0.717, 1.165) is 30.9 Å². The van der Waals surface area contributed by atoms with Crippen LogP contribution in [0, 0.1) is 28.6 Å². The van der Waals surface area contributed by atoms with Crippen LogP contribution in [0.25, 0.3) is 0 Å². The van der Waals surface area contributed by atoms with Gasteiger partial charge in [0.2, 0.25) is 0 Å². The van der Waals surface area contributed by atoms with E-state index in [-0.39, 0.29) is 0 Å². The van der Waals surface area contributed by atoms with Crippen LogP contribution in [-0.4, -0.2) is 18.3 Å². The molecule has 0 heterocycles. The minimum Gasteiger partial charge on any atom is -0.493 e. The van der Waals surface area contributed by atoms with Crippen molar-refractivity contribution in [3.05, 3.63) is 41.5 Å². The van der Waals surface area contributed by atoms with Gasteiger partial charge in [-0.15, -0.1) is 0 Å². The van der Waals surface area contributed by atoms with Crippen LogP contribution in [0.15, 0.2) is 30.4 Å². The van der Waals surface area contributed by atoms with E-state index in [1.165, 1.54) is 30.4 Å². The summed E-state index contributed by atoms with van der Waals surface area (Å²) in [6.07, 6.45) is 12.2. The number of ether oxygens (including phenoxy) is 1. The summed E-state index contributed by atoms with van der Waals surface area (Å²) in [4.78, 5) is 0. The Balaban J connectivity index is 1.55. The summed E-state index contributed by atoms with van der Waals surface area (Å²) in [6.45, 7) is 0.785. The number of fused-ring (bicyclic) bond motifs is 5. The zero-order valence-corrected chi connectivity index (χ0v) is 14.8. The Kier molecular flexibility index (Phi) is 4.56. The molecule has 0 radical (unpaired) electrons. The molecular formula is C22H27NO2. The maximum absolute atomic E-state index is 9.57. The van der Waals surface area contributed by atoms with Gasteiger partial charge in [0.15, 0.2) is 0 Å². The maximum atomic E-state index is 9.57. The van der Waals surface area contributed by atoms with Crippen molar-refractivity contribution in [1.82, 2.24) is 0 Å². The zero-order chi connectivity index (χ0) is 17.3. The van der Waals surface area contributed by atoms with Gasteiger partial charge in [-0.1, -0.05) is 18.2 Å². The number of nitrogens with zero attached hydrogens (tertiary/aromatic N) is 1. The van der Waals surface area contributed by atoms with Gasteiger partial charge in [0, 0.05) is 6.61 Å². The monoisotopic (exact) mass is 337 g/mol. The van der Waals surface area contributed by atoms with Gasteiger partial charge in [-0.2, -0.15) is 5.26 Å². The molecule has 0 amide bonds. The Morgan fingerprint density at radius 3 is 3.08 bits per heavy atom. The van der Waals surface area contributed by atoms with Crippen LogP contribution < -0.4 is 4.74 Å². The molecule has 1 aromatic rings. The molecule has 1 aromatic carbocycles. The highest BCUT2D eigenvalue weighted by atomic mass is 16.5. The van der Waals surface area contributed by atoms with E-state index in [0.29, 0.717) is 36.9 Å². The number of allylic oxidation sites excluding steroid dienone is 2. The van der Waals surface area contributed by atoms with Crippen LogP contribution in [0.5, 0.6) is 5.75 Å². The van der Waals surface area contributed by atoms with E-state index in [2.05, 4.69) is 36.4 Å². The van der Waals surface area contributed by atoms with Crippen molar-refractivity contribution in [2.24, 2.45) is 17.3 Å². The minimum atomic E-state index is 0.315. The molecule has 0 aromatic heterocycles. The first-order chi connectivity index (χ1) is 12.3. The van der Waals surface area contributed by atoms with Crippen LogP contribution in [-0.2, 0) is 6.42 Å². The summed E-state index contributed by atoms with van der Waals surface area (Å²) in [7, 11) is 0. The van der Waals surface area contributed by atoms with Gasteiger partial charge in [-0.05, 0) is 85.0 Å². The number of nitriles is 1. The Bertz CT molecular complexity index is 704. The van der Waals surface area contributed by atoms with Gasteiger partial charge in [-0.3, -0.25) is 0 Å². The van der Waals surface area contributed by atoms with Gasteiger partial charge in [0.05, 0.1) is 12.5 Å². The lowest BCUT2D eigenvalue weighted by molar-refractivity contribution is 0.0383.